The lowest BCUT2D eigenvalue weighted by atomic mass is 10.0. The molecule has 1 amide bonds. The van der Waals surface area contributed by atoms with Crippen LogP contribution in [0.5, 0.6) is 0 Å². The Kier molecular flexibility index (Phi) is 6.64. The number of nitrogens with zero attached hydrogens (tertiary/aromatic N) is 2. The van der Waals surface area contributed by atoms with Gasteiger partial charge in [0, 0.05) is 11.3 Å². The van der Waals surface area contributed by atoms with Crippen LogP contribution in [0.2, 0.25) is 0 Å². The Morgan fingerprint density at radius 3 is 2.56 bits per heavy atom. The number of hydrogen-bond donors (Lipinski definition) is 3. The maximum Gasteiger partial charge on any atom is 0.337 e. The van der Waals surface area contributed by atoms with Crippen molar-refractivity contribution in [3.63, 3.8) is 0 Å². The smallest absolute Gasteiger partial charge is 0.337 e. The van der Waals surface area contributed by atoms with Gasteiger partial charge in [0.15, 0.2) is 5.82 Å². The van der Waals surface area contributed by atoms with E-state index in [0.717, 1.165) is 5.56 Å². The van der Waals surface area contributed by atoms with Crippen molar-refractivity contribution in [3.8, 4) is 11.4 Å². The summed E-state index contributed by atoms with van der Waals surface area (Å²) in [6.45, 7) is 0. The topological polar surface area (TPSA) is 123 Å². The van der Waals surface area contributed by atoms with Crippen LogP contribution in [0.15, 0.2) is 54.9 Å². The minimum atomic E-state index is -0.923. The van der Waals surface area contributed by atoms with Crippen LogP contribution >= 0.6 is 12.4 Å². The molecule has 0 fully saturated rings. The van der Waals surface area contributed by atoms with Gasteiger partial charge in [-0.25, -0.2) is 9.78 Å². The van der Waals surface area contributed by atoms with Gasteiger partial charge in [0.2, 0.25) is 5.91 Å². The number of methoxy groups -OCH3 is 1. The highest BCUT2D eigenvalue weighted by atomic mass is 35.5. The molecule has 3 aromatic rings. The van der Waals surface area contributed by atoms with Crippen LogP contribution in [0.4, 0.5) is 5.69 Å². The van der Waals surface area contributed by atoms with Crippen LogP contribution in [0, 0.1) is 0 Å². The van der Waals surface area contributed by atoms with E-state index >= 15 is 0 Å². The number of esters is 1. The van der Waals surface area contributed by atoms with Crippen molar-refractivity contribution >= 4 is 30.0 Å². The molecule has 0 bridgehead atoms. The van der Waals surface area contributed by atoms with Gasteiger partial charge >= 0.3 is 5.97 Å². The molecule has 9 heteroatoms. The van der Waals surface area contributed by atoms with Crippen LogP contribution in [0.1, 0.15) is 22.0 Å². The van der Waals surface area contributed by atoms with E-state index in [9.17, 15) is 9.59 Å². The first kappa shape index (κ1) is 20.1. The van der Waals surface area contributed by atoms with E-state index in [2.05, 4.69) is 25.2 Å². The molecular weight excluding hydrogens is 370 g/mol. The lowest BCUT2D eigenvalue weighted by molar-refractivity contribution is -0.117. The summed E-state index contributed by atoms with van der Waals surface area (Å²) in [4.78, 5) is 28.1. The van der Waals surface area contributed by atoms with E-state index < -0.39 is 12.0 Å². The van der Waals surface area contributed by atoms with Crippen molar-refractivity contribution in [3.05, 3.63) is 66.0 Å². The Morgan fingerprint density at radius 2 is 1.93 bits per heavy atom. The summed E-state index contributed by atoms with van der Waals surface area (Å²) in [5.41, 5.74) is 8.31. The molecule has 3 rings (SSSR count). The monoisotopic (exact) mass is 387 g/mol. The Labute approximate surface area is 161 Å². The molecule has 0 saturated heterocycles. The molecule has 4 N–H and O–H groups in total. The molecule has 1 unspecified atom stereocenters. The zero-order chi connectivity index (χ0) is 18.5. The molecule has 1 heterocycles. The van der Waals surface area contributed by atoms with E-state index in [4.69, 9.17) is 5.73 Å². The number of ether oxygens (including phenoxy) is 1. The summed E-state index contributed by atoms with van der Waals surface area (Å²) in [5.74, 6) is -0.235. The predicted octanol–water partition coefficient (Wildman–Crippen LogP) is 2.32. The highest BCUT2D eigenvalue weighted by molar-refractivity contribution is 5.96. The van der Waals surface area contributed by atoms with Gasteiger partial charge in [-0.3, -0.25) is 9.89 Å². The minimum absolute atomic E-state index is 0. The van der Waals surface area contributed by atoms with E-state index in [1.54, 1.807) is 48.5 Å². The first-order valence-electron chi connectivity index (χ1n) is 7.79. The normalized spacial score (nSPS) is 11.2. The van der Waals surface area contributed by atoms with Crippen molar-refractivity contribution < 1.29 is 14.3 Å². The van der Waals surface area contributed by atoms with Gasteiger partial charge in [-0.1, -0.05) is 12.1 Å². The van der Waals surface area contributed by atoms with Crippen LogP contribution in [0.25, 0.3) is 11.4 Å². The van der Waals surface area contributed by atoms with E-state index in [0.29, 0.717) is 22.6 Å². The highest BCUT2D eigenvalue weighted by Gasteiger charge is 2.18. The van der Waals surface area contributed by atoms with Crippen molar-refractivity contribution in [2.75, 3.05) is 12.4 Å². The summed E-state index contributed by atoms with van der Waals surface area (Å²) < 4.78 is 4.68. The quantitative estimate of drug-likeness (QED) is 0.577. The largest absolute Gasteiger partial charge is 0.465 e. The summed E-state index contributed by atoms with van der Waals surface area (Å²) >= 11 is 0. The number of aromatic amines is 1. The maximum absolute atomic E-state index is 12.4. The lowest BCUT2D eigenvalue weighted by Crippen LogP contribution is -2.27. The van der Waals surface area contributed by atoms with Crippen LogP contribution in [-0.2, 0) is 9.53 Å². The van der Waals surface area contributed by atoms with Gasteiger partial charge in [0.1, 0.15) is 12.4 Å². The molecule has 8 nitrogen and oxygen atoms in total. The summed E-state index contributed by atoms with van der Waals surface area (Å²) in [7, 11) is 1.30. The number of nitrogens with one attached hydrogen (secondary N) is 2. The second-order valence-electron chi connectivity index (χ2n) is 5.50. The molecular formula is C18H18ClN5O3. The number of aromatic nitrogens is 3. The number of H-pyrrole nitrogens is 1. The minimum Gasteiger partial charge on any atom is -0.465 e. The van der Waals surface area contributed by atoms with Crippen molar-refractivity contribution in [1.29, 1.82) is 0 Å². The maximum atomic E-state index is 12.4. The Bertz CT molecular complexity index is 913. The van der Waals surface area contributed by atoms with Crippen molar-refractivity contribution in [2.24, 2.45) is 5.73 Å². The number of benzene rings is 2. The number of carbonyl (C=O) groups is 2. The summed E-state index contributed by atoms with van der Waals surface area (Å²) in [5, 5.41) is 9.31. The fraction of sp³-hybridized carbons (Fsp3) is 0.111. The fourth-order valence-electron chi connectivity index (χ4n) is 2.40. The third-order valence-electron chi connectivity index (χ3n) is 3.79. The van der Waals surface area contributed by atoms with Gasteiger partial charge in [0.05, 0.1) is 12.7 Å². The number of amides is 1. The number of halogens is 1. The second-order valence-corrected chi connectivity index (χ2v) is 5.50. The molecule has 2 aromatic carbocycles. The molecule has 0 aliphatic carbocycles. The Balaban J connectivity index is 0.00000261. The van der Waals surface area contributed by atoms with Gasteiger partial charge in [-0.2, -0.15) is 5.10 Å². The second kappa shape index (κ2) is 8.93. The Hall–Kier alpha value is -3.23. The van der Waals surface area contributed by atoms with Gasteiger partial charge in [-0.05, 0) is 42.0 Å². The molecule has 0 radical (unpaired) electrons. The number of anilines is 1. The van der Waals surface area contributed by atoms with Crippen LogP contribution < -0.4 is 11.1 Å². The molecule has 27 heavy (non-hydrogen) atoms. The third kappa shape index (κ3) is 4.69. The number of hydrogen-bond acceptors (Lipinski definition) is 6. The van der Waals surface area contributed by atoms with Crippen LogP contribution in [-0.4, -0.2) is 34.2 Å². The zero-order valence-electron chi connectivity index (χ0n) is 14.4. The van der Waals surface area contributed by atoms with E-state index in [1.807, 2.05) is 0 Å². The van der Waals surface area contributed by atoms with Gasteiger partial charge < -0.3 is 15.8 Å². The SMILES string of the molecule is COC(=O)c1cccc(C(N)C(=O)Nc2ccc(-c3ncn[nH]3)cc2)c1.Cl. The molecule has 0 aliphatic heterocycles. The van der Waals surface area contributed by atoms with Gasteiger partial charge in [0.25, 0.3) is 0 Å². The average Bonchev–Trinajstić information content (AvgIpc) is 3.22. The average molecular weight is 388 g/mol. The number of nitrogens with two attached hydrogens (primary N) is 1. The van der Waals surface area contributed by atoms with Gasteiger partial charge in [-0.15, -0.1) is 12.4 Å². The summed E-state index contributed by atoms with van der Waals surface area (Å²) in [6, 6.07) is 12.7. The summed E-state index contributed by atoms with van der Waals surface area (Å²) in [6.07, 6.45) is 1.42. The van der Waals surface area contributed by atoms with Crippen molar-refractivity contribution in [2.45, 2.75) is 6.04 Å². The zero-order valence-corrected chi connectivity index (χ0v) is 15.2. The molecule has 0 saturated carbocycles. The third-order valence-corrected chi connectivity index (χ3v) is 3.79. The first-order chi connectivity index (χ1) is 12.6. The molecule has 1 atom stereocenters. The first-order valence-corrected chi connectivity index (χ1v) is 7.79. The standard InChI is InChI=1S/C18H17N5O3.ClH/c1-26-18(25)13-4-2-3-12(9-13)15(19)17(24)22-14-7-5-11(6-8-14)16-20-10-21-23-16;/h2-10,15H,19H2,1H3,(H,22,24)(H,20,21,23);1H. The van der Waals surface area contributed by atoms with E-state index in [1.165, 1.54) is 13.4 Å². The van der Waals surface area contributed by atoms with Crippen LogP contribution in [0.3, 0.4) is 0 Å². The number of rotatable bonds is 5. The predicted molar refractivity (Wildman–Crippen MR) is 102 cm³/mol. The molecule has 0 aliphatic rings. The molecule has 1 aromatic heterocycles. The molecule has 140 valence electrons. The fourth-order valence-corrected chi connectivity index (χ4v) is 2.40. The van der Waals surface area contributed by atoms with E-state index in [-0.39, 0.29) is 18.3 Å². The molecule has 0 spiro atoms. The van der Waals surface area contributed by atoms with Crippen molar-refractivity contribution in [1.82, 2.24) is 15.2 Å². The number of carbonyl (C=O) groups excluding carboxylic acids is 2. The highest BCUT2D eigenvalue weighted by Crippen LogP contribution is 2.19. The lowest BCUT2D eigenvalue weighted by Gasteiger charge is -2.13. The Morgan fingerprint density at radius 1 is 1.19 bits per heavy atom.